The van der Waals surface area contributed by atoms with Gasteiger partial charge >= 0.3 is 0 Å². The standard InChI is InChI=1S/C72H49N3/c1-4-14-50(15-5-1)53-24-36-60(37-25-53)73(61-38-26-54(27-39-61)51-16-6-2-7-17-51)62-40-28-56(29-41-62)57-32-44-64(45-33-57)75-70-23-13-11-21-66(70)68-49-59(35-47-72(68)75)58-34-46-71-67(48-58)65-20-10-12-22-69(65)74(71)63-42-30-55(31-43-63)52-18-8-3-9-19-52/h1-49H. The van der Waals surface area contributed by atoms with Crippen LogP contribution in [0.2, 0.25) is 0 Å². The van der Waals surface area contributed by atoms with Crippen molar-refractivity contribution < 1.29 is 0 Å². The van der Waals surface area contributed by atoms with E-state index in [9.17, 15) is 0 Å². The summed E-state index contributed by atoms with van der Waals surface area (Å²) in [6.45, 7) is 0. The maximum atomic E-state index is 2.41. The number of benzene rings is 12. The van der Waals surface area contributed by atoms with Gasteiger partial charge in [-0.2, -0.15) is 0 Å². The average Bonchev–Trinajstić information content (AvgIpc) is 4.02. The molecule has 12 aromatic carbocycles. The van der Waals surface area contributed by atoms with E-state index >= 15 is 0 Å². The first-order chi connectivity index (χ1) is 37.2. The number of aromatic nitrogens is 2. The van der Waals surface area contributed by atoms with Gasteiger partial charge in [0.05, 0.1) is 22.1 Å². The quantitative estimate of drug-likeness (QED) is 0.133. The van der Waals surface area contributed by atoms with E-state index in [1.54, 1.807) is 0 Å². The maximum Gasteiger partial charge on any atom is 0.0541 e. The highest BCUT2D eigenvalue weighted by atomic mass is 15.1. The van der Waals surface area contributed by atoms with E-state index < -0.39 is 0 Å². The molecule has 75 heavy (non-hydrogen) atoms. The van der Waals surface area contributed by atoms with Gasteiger partial charge in [-0.1, -0.05) is 200 Å². The lowest BCUT2D eigenvalue weighted by atomic mass is 10.0. The third-order valence-electron chi connectivity index (χ3n) is 15.0. The van der Waals surface area contributed by atoms with E-state index in [0.717, 1.165) is 34.0 Å². The summed E-state index contributed by atoms with van der Waals surface area (Å²) in [7, 11) is 0. The van der Waals surface area contributed by atoms with Gasteiger partial charge in [0, 0.05) is 50.0 Å². The summed E-state index contributed by atoms with van der Waals surface area (Å²) < 4.78 is 4.81. The molecule has 0 amide bonds. The van der Waals surface area contributed by atoms with Gasteiger partial charge in [-0.3, -0.25) is 0 Å². The molecule has 0 unspecified atom stereocenters. The molecule has 0 radical (unpaired) electrons. The van der Waals surface area contributed by atoms with Crippen LogP contribution in [0.5, 0.6) is 0 Å². The van der Waals surface area contributed by atoms with Gasteiger partial charge < -0.3 is 14.0 Å². The normalized spacial score (nSPS) is 11.5. The van der Waals surface area contributed by atoms with Crippen molar-refractivity contribution in [3.8, 4) is 67.0 Å². The predicted octanol–water partition coefficient (Wildman–Crippen LogP) is 19.7. The fraction of sp³-hybridized carbons (Fsp3) is 0. The highest BCUT2D eigenvalue weighted by Crippen LogP contribution is 2.41. The van der Waals surface area contributed by atoms with Crippen molar-refractivity contribution in [1.82, 2.24) is 9.13 Å². The van der Waals surface area contributed by atoms with Crippen LogP contribution >= 0.6 is 0 Å². The molecule has 14 aromatic rings. The SMILES string of the molecule is c1ccc(-c2ccc(N(c3ccc(-c4ccccc4)cc3)c3ccc(-c4ccc(-n5c6ccccc6c6cc(-c7ccc8c(c7)c7ccccc7n8-c7ccc(-c8ccccc8)cc7)ccc65)cc4)cc3)cc2)cc1. The van der Waals surface area contributed by atoms with Crippen LogP contribution < -0.4 is 4.90 Å². The molecule has 0 aliphatic rings. The van der Waals surface area contributed by atoms with Crippen molar-refractivity contribution in [2.45, 2.75) is 0 Å². The topological polar surface area (TPSA) is 13.1 Å². The third kappa shape index (κ3) is 7.95. The summed E-state index contributed by atoms with van der Waals surface area (Å²) in [4.78, 5) is 2.34. The van der Waals surface area contributed by atoms with Crippen molar-refractivity contribution in [2.24, 2.45) is 0 Å². The number of anilines is 3. The minimum Gasteiger partial charge on any atom is -0.311 e. The molecule has 3 nitrogen and oxygen atoms in total. The molecule has 0 aliphatic heterocycles. The molecule has 352 valence electrons. The Morgan fingerprint density at radius 2 is 0.440 bits per heavy atom. The van der Waals surface area contributed by atoms with Crippen LogP contribution in [-0.4, -0.2) is 9.13 Å². The molecule has 0 atom stereocenters. The molecule has 0 aliphatic carbocycles. The van der Waals surface area contributed by atoms with Crippen LogP contribution in [0.4, 0.5) is 17.1 Å². The highest BCUT2D eigenvalue weighted by Gasteiger charge is 2.18. The Kier molecular flexibility index (Phi) is 10.8. The smallest absolute Gasteiger partial charge is 0.0541 e. The zero-order valence-corrected chi connectivity index (χ0v) is 41.1. The van der Waals surface area contributed by atoms with Gasteiger partial charge in [-0.25, -0.2) is 0 Å². The van der Waals surface area contributed by atoms with E-state index in [4.69, 9.17) is 0 Å². The molecule has 2 aromatic heterocycles. The fourth-order valence-corrected chi connectivity index (χ4v) is 11.2. The molecule has 2 heterocycles. The zero-order chi connectivity index (χ0) is 49.7. The number of rotatable bonds is 10. The van der Waals surface area contributed by atoms with Crippen LogP contribution in [0.1, 0.15) is 0 Å². The monoisotopic (exact) mass is 955 g/mol. The molecule has 0 fully saturated rings. The van der Waals surface area contributed by atoms with E-state index in [1.165, 1.54) is 93.7 Å². The minimum absolute atomic E-state index is 1.09. The van der Waals surface area contributed by atoms with Gasteiger partial charge in [0.15, 0.2) is 0 Å². The van der Waals surface area contributed by atoms with Gasteiger partial charge in [-0.05, 0) is 153 Å². The molecule has 0 saturated carbocycles. The van der Waals surface area contributed by atoms with Crippen LogP contribution in [0.15, 0.2) is 297 Å². The van der Waals surface area contributed by atoms with Crippen LogP contribution in [0.25, 0.3) is 111 Å². The molecular formula is C72H49N3. The average molecular weight is 956 g/mol. The van der Waals surface area contributed by atoms with Crippen LogP contribution in [0, 0.1) is 0 Å². The highest BCUT2D eigenvalue weighted by molar-refractivity contribution is 6.12. The lowest BCUT2D eigenvalue weighted by Gasteiger charge is -2.26. The second-order valence-electron chi connectivity index (χ2n) is 19.3. The Morgan fingerprint density at radius 1 is 0.187 bits per heavy atom. The molecular weight excluding hydrogens is 907 g/mol. The summed E-state index contributed by atoms with van der Waals surface area (Å²) in [5.41, 5.74) is 22.3. The summed E-state index contributed by atoms with van der Waals surface area (Å²) in [5.74, 6) is 0. The summed E-state index contributed by atoms with van der Waals surface area (Å²) >= 11 is 0. The molecule has 0 saturated heterocycles. The van der Waals surface area contributed by atoms with E-state index in [2.05, 4.69) is 311 Å². The van der Waals surface area contributed by atoms with Crippen molar-refractivity contribution in [3.63, 3.8) is 0 Å². The summed E-state index contributed by atoms with van der Waals surface area (Å²) in [6, 6.07) is 108. The second kappa shape index (κ2) is 18.6. The Bertz CT molecular complexity index is 4240. The van der Waals surface area contributed by atoms with Crippen molar-refractivity contribution in [3.05, 3.63) is 297 Å². The number of hydrogen-bond acceptors (Lipinski definition) is 1. The van der Waals surface area contributed by atoms with Gasteiger partial charge in [-0.15, -0.1) is 0 Å². The number of fused-ring (bicyclic) bond motifs is 6. The Labute approximate surface area is 436 Å². The van der Waals surface area contributed by atoms with Gasteiger partial charge in [0.1, 0.15) is 0 Å². The predicted molar refractivity (Wildman–Crippen MR) is 317 cm³/mol. The first-order valence-corrected chi connectivity index (χ1v) is 25.7. The van der Waals surface area contributed by atoms with E-state index in [-0.39, 0.29) is 0 Å². The van der Waals surface area contributed by atoms with Crippen molar-refractivity contribution >= 4 is 60.7 Å². The van der Waals surface area contributed by atoms with Gasteiger partial charge in [0.2, 0.25) is 0 Å². The summed E-state index contributed by atoms with van der Waals surface area (Å²) in [6.07, 6.45) is 0. The molecule has 0 N–H and O–H groups in total. The zero-order valence-electron chi connectivity index (χ0n) is 41.1. The first kappa shape index (κ1) is 43.8. The largest absolute Gasteiger partial charge is 0.311 e. The Balaban J connectivity index is 0.774. The molecule has 0 bridgehead atoms. The summed E-state index contributed by atoms with van der Waals surface area (Å²) in [5, 5.41) is 4.96. The van der Waals surface area contributed by atoms with Crippen molar-refractivity contribution in [2.75, 3.05) is 4.90 Å². The lowest BCUT2D eigenvalue weighted by molar-refractivity contribution is 1.18. The fourth-order valence-electron chi connectivity index (χ4n) is 11.2. The minimum atomic E-state index is 1.09. The Hall–Kier alpha value is -9.96. The van der Waals surface area contributed by atoms with E-state index in [0.29, 0.717) is 0 Å². The van der Waals surface area contributed by atoms with Crippen LogP contribution in [0.3, 0.4) is 0 Å². The Morgan fingerprint density at radius 3 is 0.773 bits per heavy atom. The van der Waals surface area contributed by atoms with E-state index in [1.807, 2.05) is 0 Å². The maximum absolute atomic E-state index is 2.41. The van der Waals surface area contributed by atoms with Gasteiger partial charge in [0.25, 0.3) is 0 Å². The lowest BCUT2D eigenvalue weighted by Crippen LogP contribution is -2.09. The molecule has 0 spiro atoms. The molecule has 3 heteroatoms. The number of nitrogens with zero attached hydrogens (tertiary/aromatic N) is 3. The first-order valence-electron chi connectivity index (χ1n) is 25.7. The molecule has 14 rings (SSSR count). The third-order valence-corrected chi connectivity index (χ3v) is 15.0. The van der Waals surface area contributed by atoms with Crippen molar-refractivity contribution in [1.29, 1.82) is 0 Å². The second-order valence-corrected chi connectivity index (χ2v) is 19.3. The van der Waals surface area contributed by atoms with Crippen LogP contribution in [-0.2, 0) is 0 Å². The number of para-hydroxylation sites is 2. The number of hydrogen-bond donors (Lipinski definition) is 0.